The topological polar surface area (TPSA) is 78.8 Å². The second-order valence-electron chi connectivity index (χ2n) is 8.43. The first-order valence-corrected chi connectivity index (χ1v) is 11.3. The van der Waals surface area contributed by atoms with Crippen LogP contribution in [0.25, 0.3) is 5.57 Å². The van der Waals surface area contributed by atoms with E-state index in [4.69, 9.17) is 4.74 Å². The number of carbonyl (C=O) groups is 1. The van der Waals surface area contributed by atoms with Gasteiger partial charge in [-0.25, -0.2) is 0 Å². The Morgan fingerprint density at radius 2 is 1.71 bits per heavy atom. The number of aliphatic hydroxyl groups excluding tert-OH is 1. The number of phenolic OH excluding ortho intramolecular Hbond substituents is 1. The first kappa shape index (κ1) is 21.9. The number of aliphatic hydroxyl groups is 1. The van der Waals surface area contributed by atoms with Crippen molar-refractivity contribution in [3.63, 3.8) is 0 Å². The number of rotatable bonds is 3. The van der Waals surface area contributed by atoms with E-state index in [0.29, 0.717) is 11.3 Å². The van der Waals surface area contributed by atoms with Gasteiger partial charge in [-0.05, 0) is 66.9 Å². The first-order chi connectivity index (χ1) is 16.3. The van der Waals surface area contributed by atoms with Crippen LogP contribution < -0.4 is 10.1 Å². The standard InChI is InChI=1S/C28H23NO4S/c1-15-11-19(34)12-16(2)27(15)29-28(32)21-6-4-3-5-20(21)26-22-9-7-17(30)13-24(22)33-25-14-18(31)8-10-23(25)26/h3-14,24,30-31,34H,1-2H3,(H,29,32). The smallest absolute Gasteiger partial charge is 0.256 e. The largest absolute Gasteiger partial charge is 0.508 e. The molecule has 0 saturated heterocycles. The summed E-state index contributed by atoms with van der Waals surface area (Å²) in [7, 11) is 0. The van der Waals surface area contributed by atoms with Gasteiger partial charge in [0.05, 0.1) is 0 Å². The van der Waals surface area contributed by atoms with E-state index in [1.807, 2.05) is 44.2 Å². The Morgan fingerprint density at radius 3 is 2.47 bits per heavy atom. The number of nitrogens with one attached hydrogen (secondary N) is 1. The number of fused-ring (bicyclic) bond motifs is 2. The van der Waals surface area contributed by atoms with Gasteiger partial charge in [-0.3, -0.25) is 4.79 Å². The highest BCUT2D eigenvalue weighted by Crippen LogP contribution is 2.44. The van der Waals surface area contributed by atoms with Crippen molar-refractivity contribution >= 4 is 29.8 Å². The van der Waals surface area contributed by atoms with E-state index in [1.54, 1.807) is 42.5 Å². The lowest BCUT2D eigenvalue weighted by molar-refractivity contribution is 0.102. The van der Waals surface area contributed by atoms with Crippen LogP contribution in [0.15, 0.2) is 89.1 Å². The molecule has 1 atom stereocenters. The highest BCUT2D eigenvalue weighted by molar-refractivity contribution is 7.80. The first-order valence-electron chi connectivity index (χ1n) is 10.9. The normalized spacial score (nSPS) is 16.3. The number of phenols is 1. The summed E-state index contributed by atoms with van der Waals surface area (Å²) in [5.41, 5.74) is 6.26. The van der Waals surface area contributed by atoms with Gasteiger partial charge in [-0.2, -0.15) is 0 Å². The maximum atomic E-state index is 13.6. The number of anilines is 1. The van der Waals surface area contributed by atoms with E-state index < -0.39 is 6.10 Å². The fourth-order valence-electron chi connectivity index (χ4n) is 4.52. The van der Waals surface area contributed by atoms with Crippen LogP contribution in [0.4, 0.5) is 5.69 Å². The summed E-state index contributed by atoms with van der Waals surface area (Å²) in [6, 6.07) is 16.2. The van der Waals surface area contributed by atoms with Gasteiger partial charge in [0.15, 0.2) is 0 Å². The molecule has 1 heterocycles. The summed E-state index contributed by atoms with van der Waals surface area (Å²) in [6.45, 7) is 3.88. The molecule has 34 heavy (non-hydrogen) atoms. The second-order valence-corrected chi connectivity index (χ2v) is 8.94. The quantitative estimate of drug-likeness (QED) is 0.348. The van der Waals surface area contributed by atoms with Crippen molar-refractivity contribution in [3.05, 3.63) is 112 Å². The van der Waals surface area contributed by atoms with E-state index in [0.717, 1.165) is 44.0 Å². The van der Waals surface area contributed by atoms with Gasteiger partial charge in [0.1, 0.15) is 23.4 Å². The Kier molecular flexibility index (Phi) is 5.46. The van der Waals surface area contributed by atoms with Gasteiger partial charge in [-0.15, -0.1) is 12.6 Å². The Balaban J connectivity index is 1.65. The van der Waals surface area contributed by atoms with Gasteiger partial charge in [0.25, 0.3) is 5.91 Å². The van der Waals surface area contributed by atoms with Crippen molar-refractivity contribution in [2.45, 2.75) is 24.8 Å². The molecular weight excluding hydrogens is 446 g/mol. The molecule has 1 amide bonds. The van der Waals surface area contributed by atoms with Gasteiger partial charge >= 0.3 is 0 Å². The fourth-order valence-corrected chi connectivity index (χ4v) is 4.91. The summed E-state index contributed by atoms with van der Waals surface area (Å²) in [4.78, 5) is 14.4. The molecule has 2 aliphatic rings. The molecule has 1 aliphatic carbocycles. The third kappa shape index (κ3) is 3.86. The second kappa shape index (κ2) is 8.47. The average molecular weight is 470 g/mol. The number of carbonyl (C=O) groups excluding carboxylic acids is 1. The highest BCUT2D eigenvalue weighted by Gasteiger charge is 2.31. The number of allylic oxidation sites excluding steroid dienone is 1. The van der Waals surface area contributed by atoms with E-state index in [1.165, 1.54) is 0 Å². The van der Waals surface area contributed by atoms with Crippen LogP contribution in [0, 0.1) is 13.8 Å². The van der Waals surface area contributed by atoms with Crippen molar-refractivity contribution in [2.24, 2.45) is 0 Å². The minimum Gasteiger partial charge on any atom is -0.508 e. The van der Waals surface area contributed by atoms with E-state index in [9.17, 15) is 15.0 Å². The SMILES string of the molecule is Cc1cc(S)cc(C)c1NC(=O)c1ccccc1C1=C2C=CC(O)=CC2Oc2cc(O)ccc21. The summed E-state index contributed by atoms with van der Waals surface area (Å²) in [5.74, 6) is 0.421. The molecule has 0 aromatic heterocycles. The lowest BCUT2D eigenvalue weighted by Crippen LogP contribution is -2.25. The monoisotopic (exact) mass is 469 g/mol. The summed E-state index contributed by atoms with van der Waals surface area (Å²) < 4.78 is 6.06. The zero-order valence-corrected chi connectivity index (χ0v) is 19.6. The van der Waals surface area contributed by atoms with E-state index in [-0.39, 0.29) is 17.4 Å². The lowest BCUT2D eigenvalue weighted by atomic mass is 9.84. The number of benzene rings is 3. The van der Waals surface area contributed by atoms with Gasteiger partial charge < -0.3 is 20.3 Å². The van der Waals surface area contributed by atoms with Gasteiger partial charge in [-0.1, -0.05) is 24.3 Å². The number of thiol groups is 1. The van der Waals surface area contributed by atoms with Crippen molar-refractivity contribution in [1.29, 1.82) is 0 Å². The molecule has 6 heteroatoms. The van der Waals surface area contributed by atoms with Crippen LogP contribution in [-0.2, 0) is 0 Å². The number of aryl methyl sites for hydroxylation is 2. The van der Waals surface area contributed by atoms with Crippen molar-refractivity contribution in [3.8, 4) is 11.5 Å². The lowest BCUT2D eigenvalue weighted by Gasteiger charge is -2.31. The molecule has 5 rings (SSSR count). The summed E-state index contributed by atoms with van der Waals surface area (Å²) >= 11 is 4.42. The molecule has 3 N–H and O–H groups in total. The number of aromatic hydroxyl groups is 1. The molecule has 0 spiro atoms. The van der Waals surface area contributed by atoms with Crippen LogP contribution in [-0.4, -0.2) is 22.2 Å². The number of hydrogen-bond donors (Lipinski definition) is 4. The minimum absolute atomic E-state index is 0.0747. The van der Waals surface area contributed by atoms with Crippen LogP contribution in [0.2, 0.25) is 0 Å². The average Bonchev–Trinajstić information content (AvgIpc) is 2.79. The Morgan fingerprint density at radius 1 is 0.971 bits per heavy atom. The Labute approximate surface area is 203 Å². The fraction of sp³-hybridized carbons (Fsp3) is 0.107. The Hall–Kier alpha value is -3.90. The molecule has 3 aromatic carbocycles. The molecule has 3 aromatic rings. The maximum absolute atomic E-state index is 13.6. The van der Waals surface area contributed by atoms with Gasteiger partial charge in [0, 0.05) is 45.0 Å². The van der Waals surface area contributed by atoms with Crippen LogP contribution in [0.5, 0.6) is 11.5 Å². The van der Waals surface area contributed by atoms with Crippen molar-refractivity contribution < 1.29 is 19.7 Å². The predicted octanol–water partition coefficient (Wildman–Crippen LogP) is 6.12. The van der Waals surface area contributed by atoms with Gasteiger partial charge in [0.2, 0.25) is 0 Å². The van der Waals surface area contributed by atoms with Crippen molar-refractivity contribution in [2.75, 3.05) is 5.32 Å². The van der Waals surface area contributed by atoms with Crippen LogP contribution >= 0.6 is 12.6 Å². The number of amides is 1. The van der Waals surface area contributed by atoms with Crippen LogP contribution in [0.1, 0.15) is 32.6 Å². The number of hydrogen-bond acceptors (Lipinski definition) is 5. The third-order valence-corrected chi connectivity index (χ3v) is 6.29. The molecule has 5 nitrogen and oxygen atoms in total. The summed E-state index contributed by atoms with van der Waals surface area (Å²) in [6.07, 6.45) is 4.48. The minimum atomic E-state index is -0.544. The molecule has 0 radical (unpaired) electrons. The summed E-state index contributed by atoms with van der Waals surface area (Å²) in [5, 5.41) is 23.1. The van der Waals surface area contributed by atoms with E-state index in [2.05, 4.69) is 17.9 Å². The maximum Gasteiger partial charge on any atom is 0.256 e. The molecule has 1 aliphatic heterocycles. The molecular formula is C28H23NO4S. The predicted molar refractivity (Wildman–Crippen MR) is 136 cm³/mol. The Bertz CT molecular complexity index is 1410. The molecule has 0 fully saturated rings. The highest BCUT2D eigenvalue weighted by atomic mass is 32.1. The van der Waals surface area contributed by atoms with Crippen LogP contribution in [0.3, 0.4) is 0 Å². The molecule has 1 unspecified atom stereocenters. The van der Waals surface area contributed by atoms with Crippen molar-refractivity contribution in [1.82, 2.24) is 0 Å². The third-order valence-electron chi connectivity index (χ3n) is 6.04. The zero-order valence-electron chi connectivity index (χ0n) is 18.7. The van der Waals surface area contributed by atoms with E-state index >= 15 is 0 Å². The molecule has 170 valence electrons. The number of ether oxygens (including phenoxy) is 1. The zero-order chi connectivity index (χ0) is 24.0. The molecule has 0 saturated carbocycles. The molecule has 0 bridgehead atoms.